The van der Waals surface area contributed by atoms with Gasteiger partial charge in [-0.25, -0.2) is 0 Å². The Balaban J connectivity index is 0.00000109. The second kappa shape index (κ2) is 19.1. The van der Waals surface area contributed by atoms with Crippen LogP contribution in [0.25, 0.3) is 0 Å². The minimum atomic E-state index is -0.833. The van der Waals surface area contributed by atoms with Crippen molar-refractivity contribution >= 4 is 17.6 Å². The molecule has 0 radical (unpaired) electrons. The van der Waals surface area contributed by atoms with Crippen LogP contribution in [0.2, 0.25) is 0 Å². The van der Waals surface area contributed by atoms with E-state index in [9.17, 15) is 4.79 Å². The molecule has 45 heavy (non-hydrogen) atoms. The fraction of sp³-hybridized carbons (Fsp3) is 0.556. The van der Waals surface area contributed by atoms with E-state index in [0.29, 0.717) is 30.0 Å². The predicted octanol–water partition coefficient (Wildman–Crippen LogP) is 6.64. The lowest BCUT2D eigenvalue weighted by Gasteiger charge is -2.30. The number of fused-ring (bicyclic) bond motifs is 1. The number of methoxy groups -OCH3 is 1. The molecule has 2 aliphatic heterocycles. The van der Waals surface area contributed by atoms with Crippen molar-refractivity contribution in [3.8, 4) is 17.2 Å². The molecule has 3 unspecified atom stereocenters. The third kappa shape index (κ3) is 11.4. The summed E-state index contributed by atoms with van der Waals surface area (Å²) in [7, 11) is 3.17. The number of nitrogens with zero attached hydrogens (tertiary/aromatic N) is 2. The van der Waals surface area contributed by atoms with Gasteiger partial charge in [-0.2, -0.15) is 0 Å². The Labute approximate surface area is 270 Å². The highest BCUT2D eigenvalue weighted by Gasteiger charge is 2.36. The quantitative estimate of drug-likeness (QED) is 0.253. The molecule has 9 heteroatoms. The van der Waals surface area contributed by atoms with Crippen molar-refractivity contribution in [1.29, 1.82) is 0 Å². The fourth-order valence-electron chi connectivity index (χ4n) is 6.03. The van der Waals surface area contributed by atoms with Gasteiger partial charge in [-0.3, -0.25) is 14.5 Å². The molecule has 2 aliphatic rings. The first-order valence-corrected chi connectivity index (χ1v) is 16.1. The molecule has 2 heterocycles. The third-order valence-electron chi connectivity index (χ3n) is 7.95. The van der Waals surface area contributed by atoms with Crippen LogP contribution in [0.5, 0.6) is 17.2 Å². The highest BCUT2D eigenvalue weighted by molar-refractivity contribution is 5.95. The highest BCUT2D eigenvalue weighted by atomic mass is 16.7. The van der Waals surface area contributed by atoms with Gasteiger partial charge in [-0.05, 0) is 93.8 Å². The molecule has 0 aliphatic carbocycles. The SMILES string of the molecule is CC(=O)O.CCCCN(C(=O)CN1CC(c2cc(OC)c3c(c2)OCO3)CC1CC(C)C=C(C)C)c1cccc(CC)c1.CN. The summed E-state index contributed by atoms with van der Waals surface area (Å²) < 4.78 is 17.0. The van der Waals surface area contributed by atoms with Crippen molar-refractivity contribution in [2.45, 2.75) is 85.6 Å². The van der Waals surface area contributed by atoms with E-state index < -0.39 is 5.97 Å². The molecule has 0 saturated carbocycles. The number of aryl methyl sites for hydroxylation is 1. The second-order valence-corrected chi connectivity index (χ2v) is 11.9. The van der Waals surface area contributed by atoms with Gasteiger partial charge in [-0.1, -0.05) is 51.0 Å². The van der Waals surface area contributed by atoms with E-state index in [1.54, 1.807) is 7.11 Å². The number of hydrogen-bond acceptors (Lipinski definition) is 7. The normalized spacial score (nSPS) is 17.3. The fourth-order valence-corrected chi connectivity index (χ4v) is 6.03. The number of carboxylic acids is 1. The van der Waals surface area contributed by atoms with Crippen LogP contribution >= 0.6 is 0 Å². The lowest BCUT2D eigenvalue weighted by Crippen LogP contribution is -2.43. The van der Waals surface area contributed by atoms with Crippen LogP contribution in [-0.4, -0.2) is 68.5 Å². The third-order valence-corrected chi connectivity index (χ3v) is 7.95. The number of aliphatic carboxylic acids is 1. The smallest absolute Gasteiger partial charge is 0.300 e. The number of nitrogens with two attached hydrogens (primary N) is 1. The molecule has 2 aromatic rings. The van der Waals surface area contributed by atoms with Crippen LogP contribution in [0, 0.1) is 5.92 Å². The zero-order valence-corrected chi connectivity index (χ0v) is 28.6. The van der Waals surface area contributed by atoms with Crippen molar-refractivity contribution in [2.75, 3.05) is 45.5 Å². The number of rotatable bonds is 12. The summed E-state index contributed by atoms with van der Waals surface area (Å²) in [6.45, 7) is 14.2. The Bertz CT molecular complexity index is 1260. The van der Waals surface area contributed by atoms with Gasteiger partial charge in [-0.15, -0.1) is 0 Å². The minimum Gasteiger partial charge on any atom is -0.493 e. The maximum absolute atomic E-state index is 13.9. The zero-order chi connectivity index (χ0) is 33.5. The van der Waals surface area contributed by atoms with Gasteiger partial charge in [0.15, 0.2) is 11.5 Å². The number of anilines is 1. The molecule has 1 saturated heterocycles. The first kappa shape index (κ1) is 37.6. The molecule has 0 aromatic heterocycles. The number of benzene rings is 2. The largest absolute Gasteiger partial charge is 0.493 e. The maximum Gasteiger partial charge on any atom is 0.300 e. The molecule has 1 fully saturated rings. The molecular weight excluding hydrogens is 570 g/mol. The zero-order valence-electron chi connectivity index (χ0n) is 28.6. The molecule has 2 aromatic carbocycles. The number of hydrogen-bond donors (Lipinski definition) is 2. The number of carbonyl (C=O) groups excluding carboxylic acids is 1. The first-order valence-electron chi connectivity index (χ1n) is 16.1. The summed E-state index contributed by atoms with van der Waals surface area (Å²) in [4.78, 5) is 27.4. The Hall–Kier alpha value is -3.56. The molecule has 3 N–H and O–H groups in total. The van der Waals surface area contributed by atoms with E-state index in [1.165, 1.54) is 23.7 Å². The molecular formula is C36H55N3O6. The van der Waals surface area contributed by atoms with E-state index in [1.807, 2.05) is 4.90 Å². The Morgan fingerprint density at radius 2 is 1.87 bits per heavy atom. The minimum absolute atomic E-state index is 0.181. The Morgan fingerprint density at radius 1 is 1.16 bits per heavy atom. The average Bonchev–Trinajstić information content (AvgIpc) is 3.64. The highest BCUT2D eigenvalue weighted by Crippen LogP contribution is 2.45. The number of carboxylic acid groups (broad SMARTS) is 1. The molecule has 3 atom stereocenters. The van der Waals surface area contributed by atoms with Crippen LogP contribution in [-0.2, 0) is 16.0 Å². The maximum atomic E-state index is 13.9. The van der Waals surface area contributed by atoms with Crippen LogP contribution in [0.3, 0.4) is 0 Å². The van der Waals surface area contributed by atoms with Crippen molar-refractivity contribution in [1.82, 2.24) is 4.90 Å². The van der Waals surface area contributed by atoms with E-state index in [-0.39, 0.29) is 18.6 Å². The number of allylic oxidation sites excluding steroid dienone is 2. The van der Waals surface area contributed by atoms with Crippen LogP contribution in [0.15, 0.2) is 48.0 Å². The van der Waals surface area contributed by atoms with Crippen LogP contribution < -0.4 is 24.8 Å². The molecule has 0 bridgehead atoms. The summed E-state index contributed by atoms with van der Waals surface area (Å²) in [5, 5.41) is 7.42. The van der Waals surface area contributed by atoms with E-state index in [0.717, 1.165) is 63.6 Å². The monoisotopic (exact) mass is 625 g/mol. The van der Waals surface area contributed by atoms with Crippen molar-refractivity contribution < 1.29 is 28.9 Å². The number of amides is 1. The van der Waals surface area contributed by atoms with Crippen molar-refractivity contribution in [3.05, 3.63) is 59.2 Å². The number of ether oxygens (including phenoxy) is 3. The Kier molecular flexibility index (Phi) is 15.9. The summed E-state index contributed by atoms with van der Waals surface area (Å²) in [5.41, 5.74) is 9.29. The summed E-state index contributed by atoms with van der Waals surface area (Å²) >= 11 is 0. The van der Waals surface area contributed by atoms with Crippen molar-refractivity contribution in [3.63, 3.8) is 0 Å². The standard InChI is InChI=1S/C33H46N2O4.C2H4O2.CH5N/c1-7-9-13-35(28-12-10-11-25(8-2)16-28)32(36)21-34-20-27(17-29(34)15-24(5)14-23(3)4)26-18-30(37-6)33-31(19-26)38-22-39-33;1-2(3)4;1-2/h10-12,14,16,18-19,24,27,29H,7-9,13,15,17,20-22H2,1-6H3;1H3,(H,3,4);2H2,1H3. The number of carbonyl (C=O) groups is 2. The van der Waals surface area contributed by atoms with Gasteiger partial charge in [0.25, 0.3) is 5.97 Å². The lowest BCUT2D eigenvalue weighted by atomic mass is 9.92. The number of unbranched alkanes of at least 4 members (excludes halogenated alkanes) is 1. The Morgan fingerprint density at radius 3 is 2.49 bits per heavy atom. The summed E-state index contributed by atoms with van der Waals surface area (Å²) in [6, 6.07) is 13.0. The van der Waals surface area contributed by atoms with Gasteiger partial charge >= 0.3 is 0 Å². The molecule has 0 spiro atoms. The van der Waals surface area contributed by atoms with Gasteiger partial charge in [0, 0.05) is 31.7 Å². The molecule has 250 valence electrons. The van der Waals surface area contributed by atoms with Crippen LogP contribution in [0.1, 0.15) is 84.3 Å². The molecule has 4 rings (SSSR count). The topological polar surface area (TPSA) is 115 Å². The van der Waals surface area contributed by atoms with Gasteiger partial charge in [0.2, 0.25) is 18.4 Å². The van der Waals surface area contributed by atoms with E-state index >= 15 is 0 Å². The van der Waals surface area contributed by atoms with Gasteiger partial charge in [0.05, 0.1) is 13.7 Å². The second-order valence-electron chi connectivity index (χ2n) is 11.9. The summed E-state index contributed by atoms with van der Waals surface area (Å²) in [6.07, 6.45) is 7.37. The van der Waals surface area contributed by atoms with Gasteiger partial charge in [0.1, 0.15) is 0 Å². The van der Waals surface area contributed by atoms with Crippen LogP contribution in [0.4, 0.5) is 5.69 Å². The summed E-state index contributed by atoms with van der Waals surface area (Å²) in [5.74, 6) is 2.22. The van der Waals surface area contributed by atoms with E-state index in [2.05, 4.69) is 87.7 Å². The van der Waals surface area contributed by atoms with E-state index in [4.69, 9.17) is 24.1 Å². The predicted molar refractivity (Wildman–Crippen MR) is 182 cm³/mol. The van der Waals surface area contributed by atoms with Gasteiger partial charge < -0.3 is 30.0 Å². The molecule has 9 nitrogen and oxygen atoms in total. The first-order chi connectivity index (χ1) is 21.6. The molecule has 1 amide bonds. The number of likely N-dealkylation sites (tertiary alicyclic amines) is 1. The van der Waals surface area contributed by atoms with Crippen molar-refractivity contribution in [2.24, 2.45) is 11.7 Å². The lowest BCUT2D eigenvalue weighted by molar-refractivity contribution is -0.134. The average molecular weight is 626 g/mol.